The molecular weight excluding hydrogens is 315 g/mol. The molecule has 1 aromatic carbocycles. The van der Waals surface area contributed by atoms with Gasteiger partial charge >= 0.3 is 0 Å². The second-order valence-corrected chi connectivity index (χ2v) is 6.38. The molecule has 0 saturated carbocycles. The summed E-state index contributed by atoms with van der Waals surface area (Å²) in [6, 6.07) is 7.64. The monoisotopic (exact) mass is 332 g/mol. The number of nitrogens with zero attached hydrogens (tertiary/aromatic N) is 2. The maximum atomic E-state index is 12.7. The van der Waals surface area contributed by atoms with Crippen molar-refractivity contribution in [1.82, 2.24) is 25.1 Å². The van der Waals surface area contributed by atoms with E-state index in [1.807, 2.05) is 38.1 Å². The highest BCUT2D eigenvalue weighted by Gasteiger charge is 2.20. The van der Waals surface area contributed by atoms with Crippen LogP contribution in [0.1, 0.15) is 13.8 Å². The summed E-state index contributed by atoms with van der Waals surface area (Å²) in [5.41, 5.74) is 3.70. The minimum absolute atomic E-state index is 0.181. The molecule has 124 valence electrons. The Morgan fingerprint density at radius 2 is 1.96 bits per heavy atom. The van der Waals surface area contributed by atoms with Crippen LogP contribution < -0.4 is 10.9 Å². The molecule has 1 atom stereocenters. The van der Waals surface area contributed by atoms with E-state index in [2.05, 4.69) is 30.5 Å². The fraction of sp³-hybridized carbons (Fsp3) is 0.235. The Hall–Kier alpha value is -3.03. The standard InChI is InChI=1S/C17H17BN6O/c1-8(2)15(18)23-14-12(17(25)22-11-7-19-24-13(11)14)16-20-9-5-3-4-6-10(9)21-16/h3-8,15H,1-2H3,(H,19,24)(H,20,21)(H2,22,23,25). The summed E-state index contributed by atoms with van der Waals surface area (Å²) in [5, 5.41) is 10.2. The Morgan fingerprint density at radius 3 is 2.72 bits per heavy atom. The van der Waals surface area contributed by atoms with Crippen LogP contribution in [0.4, 0.5) is 5.69 Å². The van der Waals surface area contributed by atoms with Gasteiger partial charge in [0.25, 0.3) is 5.56 Å². The van der Waals surface area contributed by atoms with Crippen molar-refractivity contribution in [1.29, 1.82) is 0 Å². The zero-order valence-corrected chi connectivity index (χ0v) is 13.9. The zero-order chi connectivity index (χ0) is 17.6. The first kappa shape index (κ1) is 15.5. The molecule has 0 saturated heterocycles. The molecular formula is C17H17BN6O. The molecule has 0 bridgehead atoms. The number of aromatic amines is 3. The van der Waals surface area contributed by atoms with E-state index in [1.54, 1.807) is 6.20 Å². The number of anilines is 1. The van der Waals surface area contributed by atoms with Gasteiger partial charge < -0.3 is 15.3 Å². The van der Waals surface area contributed by atoms with E-state index in [-0.39, 0.29) is 17.4 Å². The van der Waals surface area contributed by atoms with Crippen molar-refractivity contribution in [3.63, 3.8) is 0 Å². The van der Waals surface area contributed by atoms with E-state index in [0.29, 0.717) is 28.1 Å². The number of hydrogen-bond acceptors (Lipinski definition) is 4. The van der Waals surface area contributed by atoms with Crippen LogP contribution in [0.15, 0.2) is 35.3 Å². The highest BCUT2D eigenvalue weighted by Crippen LogP contribution is 2.30. The van der Waals surface area contributed by atoms with Crippen molar-refractivity contribution >= 4 is 35.6 Å². The minimum atomic E-state index is -0.323. The van der Waals surface area contributed by atoms with Crippen molar-refractivity contribution in [2.45, 2.75) is 19.8 Å². The van der Waals surface area contributed by atoms with Gasteiger partial charge in [-0.15, -0.1) is 0 Å². The lowest BCUT2D eigenvalue weighted by atomic mass is 9.85. The summed E-state index contributed by atoms with van der Waals surface area (Å²) < 4.78 is 0. The Labute approximate surface area is 144 Å². The van der Waals surface area contributed by atoms with Gasteiger partial charge in [0, 0.05) is 0 Å². The molecule has 0 spiro atoms. The molecule has 3 aromatic heterocycles. The van der Waals surface area contributed by atoms with Crippen LogP contribution >= 0.6 is 0 Å². The Balaban J connectivity index is 1.98. The molecule has 1 unspecified atom stereocenters. The minimum Gasteiger partial charge on any atom is -0.388 e. The Kier molecular flexibility index (Phi) is 3.60. The molecule has 0 aliphatic carbocycles. The predicted molar refractivity (Wildman–Crippen MR) is 99.8 cm³/mol. The molecule has 25 heavy (non-hydrogen) atoms. The maximum Gasteiger partial charge on any atom is 0.261 e. The fourth-order valence-corrected chi connectivity index (χ4v) is 2.77. The van der Waals surface area contributed by atoms with E-state index in [4.69, 9.17) is 7.85 Å². The van der Waals surface area contributed by atoms with Crippen LogP contribution in [0.25, 0.3) is 33.5 Å². The summed E-state index contributed by atoms with van der Waals surface area (Å²) in [5.74, 6) is 0.342. The van der Waals surface area contributed by atoms with Crippen molar-refractivity contribution < 1.29 is 0 Å². The molecule has 4 aromatic rings. The van der Waals surface area contributed by atoms with Gasteiger partial charge in [-0.3, -0.25) is 9.89 Å². The third-order valence-electron chi connectivity index (χ3n) is 4.27. The van der Waals surface area contributed by atoms with Crippen LogP contribution in [0.2, 0.25) is 0 Å². The van der Waals surface area contributed by atoms with Crippen LogP contribution in [-0.4, -0.2) is 38.9 Å². The van der Waals surface area contributed by atoms with Gasteiger partial charge in [-0.05, 0) is 24.0 Å². The van der Waals surface area contributed by atoms with Crippen LogP contribution in [0.5, 0.6) is 0 Å². The van der Waals surface area contributed by atoms with Gasteiger partial charge in [-0.1, -0.05) is 26.0 Å². The number of pyridine rings is 1. The van der Waals surface area contributed by atoms with E-state index in [1.165, 1.54) is 0 Å². The average Bonchev–Trinajstić information content (AvgIpc) is 3.20. The number of benzene rings is 1. The summed E-state index contributed by atoms with van der Waals surface area (Å²) >= 11 is 0. The number of hydrogen-bond donors (Lipinski definition) is 4. The summed E-state index contributed by atoms with van der Waals surface area (Å²) in [7, 11) is 6.19. The molecule has 7 nitrogen and oxygen atoms in total. The zero-order valence-electron chi connectivity index (χ0n) is 13.9. The second kappa shape index (κ2) is 5.80. The van der Waals surface area contributed by atoms with E-state index in [0.717, 1.165) is 11.0 Å². The molecule has 0 fully saturated rings. The Morgan fingerprint density at radius 1 is 1.16 bits per heavy atom. The summed E-state index contributed by atoms with van der Waals surface area (Å²) in [6.45, 7) is 4.02. The topological polar surface area (TPSA) is 102 Å². The van der Waals surface area contributed by atoms with Crippen molar-refractivity contribution in [2.75, 3.05) is 5.32 Å². The third kappa shape index (κ3) is 2.59. The number of nitrogens with one attached hydrogen (secondary N) is 4. The van der Waals surface area contributed by atoms with Crippen molar-refractivity contribution in [3.8, 4) is 11.4 Å². The first-order valence-corrected chi connectivity index (χ1v) is 8.11. The third-order valence-corrected chi connectivity index (χ3v) is 4.27. The highest BCUT2D eigenvalue weighted by molar-refractivity contribution is 6.14. The lowest BCUT2D eigenvalue weighted by molar-refractivity contribution is 0.643. The summed E-state index contributed by atoms with van der Waals surface area (Å²) in [6.07, 6.45) is 1.57. The lowest BCUT2D eigenvalue weighted by Gasteiger charge is -2.21. The lowest BCUT2D eigenvalue weighted by Crippen LogP contribution is -2.27. The quantitative estimate of drug-likeness (QED) is 0.431. The smallest absolute Gasteiger partial charge is 0.261 e. The molecule has 4 rings (SSSR count). The van der Waals surface area contributed by atoms with Crippen molar-refractivity contribution in [2.24, 2.45) is 5.92 Å². The average molecular weight is 332 g/mol. The largest absolute Gasteiger partial charge is 0.388 e. The van der Waals surface area contributed by atoms with Crippen LogP contribution in [0, 0.1) is 5.92 Å². The normalized spacial score (nSPS) is 12.9. The first-order valence-electron chi connectivity index (χ1n) is 8.11. The first-order chi connectivity index (χ1) is 12.0. The molecule has 2 radical (unpaired) electrons. The molecule has 0 aliphatic heterocycles. The van der Waals surface area contributed by atoms with E-state index >= 15 is 0 Å². The van der Waals surface area contributed by atoms with Crippen LogP contribution in [-0.2, 0) is 0 Å². The van der Waals surface area contributed by atoms with Crippen molar-refractivity contribution in [3.05, 3.63) is 40.8 Å². The molecule has 8 heteroatoms. The number of para-hydroxylation sites is 2. The summed E-state index contributed by atoms with van der Waals surface area (Å²) in [4.78, 5) is 23.3. The van der Waals surface area contributed by atoms with Gasteiger partial charge in [-0.25, -0.2) is 4.98 Å². The van der Waals surface area contributed by atoms with Gasteiger partial charge in [0.05, 0.1) is 36.3 Å². The number of fused-ring (bicyclic) bond motifs is 2. The van der Waals surface area contributed by atoms with E-state index in [9.17, 15) is 4.79 Å². The van der Waals surface area contributed by atoms with Gasteiger partial charge in [0.1, 0.15) is 16.9 Å². The molecule has 0 aliphatic rings. The maximum absolute atomic E-state index is 12.7. The molecule has 4 N–H and O–H groups in total. The SMILES string of the molecule is [B]C(Nc1c(-c2nc3ccccc3[nH]2)c(=O)[nH]c2cn[nH]c12)C(C)C. The van der Waals surface area contributed by atoms with E-state index < -0.39 is 0 Å². The Bertz CT molecular complexity index is 1080. The predicted octanol–water partition coefficient (Wildman–Crippen LogP) is 2.36. The van der Waals surface area contributed by atoms with Crippen LogP contribution in [0.3, 0.4) is 0 Å². The van der Waals surface area contributed by atoms with Gasteiger partial charge in [0.15, 0.2) is 0 Å². The molecule has 3 heterocycles. The number of rotatable bonds is 4. The van der Waals surface area contributed by atoms with Gasteiger partial charge in [0.2, 0.25) is 0 Å². The number of H-pyrrole nitrogens is 3. The number of aromatic nitrogens is 5. The number of imidazole rings is 1. The fourth-order valence-electron chi connectivity index (χ4n) is 2.77. The second-order valence-electron chi connectivity index (χ2n) is 6.38. The molecule has 0 amide bonds. The van der Waals surface area contributed by atoms with Gasteiger partial charge in [-0.2, -0.15) is 5.10 Å². The highest BCUT2D eigenvalue weighted by atomic mass is 16.1.